The summed E-state index contributed by atoms with van der Waals surface area (Å²) in [5.74, 6) is -0.189. The lowest BCUT2D eigenvalue weighted by molar-refractivity contribution is 0.160. The van der Waals surface area contributed by atoms with E-state index in [0.717, 1.165) is 36.2 Å². The van der Waals surface area contributed by atoms with Crippen LogP contribution >= 0.6 is 11.3 Å². The molecule has 6 heteroatoms. The molecule has 0 radical (unpaired) electrons. The molecule has 0 spiro atoms. The van der Waals surface area contributed by atoms with Crippen molar-refractivity contribution in [3.8, 4) is 0 Å². The van der Waals surface area contributed by atoms with Crippen molar-refractivity contribution in [3.05, 3.63) is 46.2 Å². The molecule has 0 saturated carbocycles. The molecular weight excluding hydrogens is 337 g/mol. The number of hydrogen-bond donors (Lipinski definition) is 1. The van der Waals surface area contributed by atoms with Gasteiger partial charge in [-0.15, -0.1) is 11.3 Å². The van der Waals surface area contributed by atoms with Crippen LogP contribution in [0, 0.1) is 12.7 Å². The minimum Gasteiger partial charge on any atom is -0.322 e. The molecule has 134 valence electrons. The zero-order valence-corrected chi connectivity index (χ0v) is 15.5. The van der Waals surface area contributed by atoms with Gasteiger partial charge in [0, 0.05) is 30.1 Å². The Morgan fingerprint density at radius 2 is 2.28 bits per heavy atom. The minimum atomic E-state index is -0.189. The van der Waals surface area contributed by atoms with Crippen LogP contribution in [0.4, 0.5) is 14.3 Å². The molecule has 0 aliphatic carbocycles. The number of piperidine rings is 1. The number of aromatic nitrogens is 1. The molecule has 2 amide bonds. The van der Waals surface area contributed by atoms with E-state index < -0.39 is 0 Å². The van der Waals surface area contributed by atoms with Gasteiger partial charge in [0.25, 0.3) is 0 Å². The molecule has 1 N–H and O–H groups in total. The van der Waals surface area contributed by atoms with Crippen LogP contribution in [0.1, 0.15) is 48.6 Å². The third-order valence-electron chi connectivity index (χ3n) is 4.74. The normalized spacial score (nSPS) is 17.6. The number of hydrogen-bond acceptors (Lipinski definition) is 3. The van der Waals surface area contributed by atoms with Crippen molar-refractivity contribution in [3.63, 3.8) is 0 Å². The summed E-state index contributed by atoms with van der Waals surface area (Å²) < 4.78 is 13.7. The molecule has 1 fully saturated rings. The van der Waals surface area contributed by atoms with Gasteiger partial charge in [-0.1, -0.05) is 19.1 Å². The van der Waals surface area contributed by atoms with Crippen LogP contribution in [-0.4, -0.2) is 28.5 Å². The number of amides is 2. The number of likely N-dealkylation sites (tertiary alicyclic amines) is 1. The van der Waals surface area contributed by atoms with E-state index in [1.807, 2.05) is 11.0 Å². The van der Waals surface area contributed by atoms with Gasteiger partial charge in [0.2, 0.25) is 0 Å². The Morgan fingerprint density at radius 1 is 1.44 bits per heavy atom. The third-order valence-corrected chi connectivity index (χ3v) is 5.65. The molecule has 1 aliphatic rings. The third kappa shape index (κ3) is 4.37. The molecule has 2 heterocycles. The van der Waals surface area contributed by atoms with Gasteiger partial charge in [0.05, 0.1) is 0 Å². The summed E-state index contributed by atoms with van der Waals surface area (Å²) in [4.78, 5) is 19.8. The maximum absolute atomic E-state index is 13.7. The lowest BCUT2D eigenvalue weighted by Crippen LogP contribution is -2.45. The Kier molecular flexibility index (Phi) is 5.68. The maximum atomic E-state index is 13.7. The number of nitrogens with zero attached hydrogens (tertiary/aromatic N) is 2. The molecule has 1 saturated heterocycles. The zero-order chi connectivity index (χ0) is 17.8. The van der Waals surface area contributed by atoms with E-state index in [2.05, 4.69) is 17.2 Å². The largest absolute Gasteiger partial charge is 0.323 e. The van der Waals surface area contributed by atoms with Gasteiger partial charge >= 0.3 is 6.03 Å². The van der Waals surface area contributed by atoms with Crippen LogP contribution in [0.3, 0.4) is 0 Å². The summed E-state index contributed by atoms with van der Waals surface area (Å²) in [5, 5.41) is 3.53. The highest BCUT2D eigenvalue weighted by Crippen LogP contribution is 2.24. The summed E-state index contributed by atoms with van der Waals surface area (Å²) in [6, 6.07) is 5.54. The van der Waals surface area contributed by atoms with E-state index in [0.29, 0.717) is 23.2 Å². The van der Waals surface area contributed by atoms with Gasteiger partial charge in [0.1, 0.15) is 5.82 Å². The van der Waals surface area contributed by atoms with Gasteiger partial charge in [-0.05, 0) is 49.8 Å². The van der Waals surface area contributed by atoms with E-state index in [-0.39, 0.29) is 11.8 Å². The minimum absolute atomic E-state index is 0.0613. The molecule has 25 heavy (non-hydrogen) atoms. The molecule has 1 unspecified atom stereocenters. The molecule has 0 bridgehead atoms. The first-order valence-electron chi connectivity index (χ1n) is 8.84. The van der Waals surface area contributed by atoms with E-state index in [1.165, 1.54) is 17.8 Å². The van der Waals surface area contributed by atoms with Gasteiger partial charge in [0.15, 0.2) is 5.13 Å². The summed E-state index contributed by atoms with van der Waals surface area (Å²) in [6.45, 7) is 4.69. The second kappa shape index (κ2) is 7.95. The number of halogens is 1. The number of urea groups is 1. The van der Waals surface area contributed by atoms with Crippen LogP contribution in [0.25, 0.3) is 0 Å². The summed E-state index contributed by atoms with van der Waals surface area (Å²) >= 11 is 1.45. The highest BCUT2D eigenvalue weighted by Gasteiger charge is 2.25. The molecule has 3 rings (SSSR count). The van der Waals surface area contributed by atoms with Crippen molar-refractivity contribution in [1.82, 2.24) is 9.88 Å². The van der Waals surface area contributed by atoms with Crippen molar-refractivity contribution in [1.29, 1.82) is 0 Å². The first-order chi connectivity index (χ1) is 12.1. The number of aryl methyl sites for hydroxylation is 1. The fourth-order valence-electron chi connectivity index (χ4n) is 3.25. The van der Waals surface area contributed by atoms with Crippen LogP contribution in [-0.2, 0) is 6.42 Å². The number of carbonyl (C=O) groups is 1. The topological polar surface area (TPSA) is 45.2 Å². The van der Waals surface area contributed by atoms with Crippen LogP contribution in [0.2, 0.25) is 0 Å². The van der Waals surface area contributed by atoms with Crippen molar-refractivity contribution in [2.24, 2.45) is 0 Å². The SMILES string of the molecule is CCC1CCCCN1C(=O)Nc1ncc(Cc2ccc(C)c(F)c2)s1. The average molecular weight is 361 g/mol. The molecule has 1 aromatic carbocycles. The van der Waals surface area contributed by atoms with Gasteiger partial charge in [-0.25, -0.2) is 14.2 Å². The van der Waals surface area contributed by atoms with Crippen LogP contribution in [0.5, 0.6) is 0 Å². The summed E-state index contributed by atoms with van der Waals surface area (Å²) in [5.41, 5.74) is 1.56. The van der Waals surface area contributed by atoms with E-state index in [9.17, 15) is 9.18 Å². The summed E-state index contributed by atoms with van der Waals surface area (Å²) in [7, 11) is 0. The van der Waals surface area contributed by atoms with E-state index in [1.54, 1.807) is 25.3 Å². The molecule has 1 aliphatic heterocycles. The number of rotatable bonds is 4. The van der Waals surface area contributed by atoms with E-state index in [4.69, 9.17) is 0 Å². The average Bonchev–Trinajstić information content (AvgIpc) is 3.05. The fourth-order valence-corrected chi connectivity index (χ4v) is 4.09. The number of thiazole rings is 1. The van der Waals surface area contributed by atoms with Crippen molar-refractivity contribution in [2.75, 3.05) is 11.9 Å². The lowest BCUT2D eigenvalue weighted by atomic mass is 10.0. The monoisotopic (exact) mass is 361 g/mol. The van der Waals surface area contributed by atoms with Gasteiger partial charge in [-0.2, -0.15) is 0 Å². The first-order valence-corrected chi connectivity index (χ1v) is 9.66. The van der Waals surface area contributed by atoms with Crippen molar-refractivity contribution in [2.45, 2.75) is 52.0 Å². The molecule has 4 nitrogen and oxygen atoms in total. The Labute approximate surface area is 152 Å². The van der Waals surface area contributed by atoms with Gasteiger partial charge < -0.3 is 4.90 Å². The van der Waals surface area contributed by atoms with E-state index >= 15 is 0 Å². The standard InChI is InChI=1S/C19H24FN3OS/c1-3-15-6-4-5-9-23(15)19(24)22-18-21-12-16(25-18)10-14-8-7-13(2)17(20)11-14/h7-8,11-12,15H,3-6,9-10H2,1-2H3,(H,21,22,24). The number of benzene rings is 1. The van der Waals surface area contributed by atoms with Crippen LogP contribution in [0.15, 0.2) is 24.4 Å². The first kappa shape index (κ1) is 17.9. The maximum Gasteiger partial charge on any atom is 0.323 e. The number of anilines is 1. The zero-order valence-electron chi connectivity index (χ0n) is 14.7. The Balaban J connectivity index is 1.63. The fraction of sp³-hybridized carbons (Fsp3) is 0.474. The number of carbonyl (C=O) groups excluding carboxylic acids is 1. The lowest BCUT2D eigenvalue weighted by Gasteiger charge is -2.34. The van der Waals surface area contributed by atoms with Crippen molar-refractivity contribution < 1.29 is 9.18 Å². The molecule has 2 aromatic rings. The van der Waals surface area contributed by atoms with Crippen molar-refractivity contribution >= 4 is 22.5 Å². The predicted octanol–water partition coefficient (Wildman–Crippen LogP) is 4.98. The second-order valence-corrected chi connectivity index (χ2v) is 7.69. The summed E-state index contributed by atoms with van der Waals surface area (Å²) in [6.07, 6.45) is 6.68. The Morgan fingerprint density at radius 3 is 3.04 bits per heavy atom. The molecule has 1 aromatic heterocycles. The van der Waals surface area contributed by atoms with Crippen LogP contribution < -0.4 is 5.32 Å². The molecule has 1 atom stereocenters. The highest BCUT2D eigenvalue weighted by molar-refractivity contribution is 7.15. The Bertz CT molecular complexity index is 746. The second-order valence-electron chi connectivity index (χ2n) is 6.57. The highest BCUT2D eigenvalue weighted by atomic mass is 32.1. The van der Waals surface area contributed by atoms with Gasteiger partial charge in [-0.3, -0.25) is 5.32 Å². The Hall–Kier alpha value is -1.95. The number of nitrogens with one attached hydrogen (secondary N) is 1. The quantitative estimate of drug-likeness (QED) is 0.835. The smallest absolute Gasteiger partial charge is 0.322 e. The predicted molar refractivity (Wildman–Crippen MR) is 99.7 cm³/mol. The molecular formula is C19H24FN3OS.